The number of benzene rings is 1. The molecule has 1 fully saturated rings. The molecule has 0 aromatic heterocycles. The summed E-state index contributed by atoms with van der Waals surface area (Å²) in [4.78, 5) is 14.0. The second kappa shape index (κ2) is 5.82. The number of carbonyl (C=O) groups is 1. The second-order valence-electron chi connectivity index (χ2n) is 4.68. The van der Waals surface area contributed by atoms with Gasteiger partial charge in [0, 0.05) is 25.2 Å². The van der Waals surface area contributed by atoms with Gasteiger partial charge in [0.05, 0.1) is 0 Å². The first-order valence-corrected chi connectivity index (χ1v) is 6.36. The lowest BCUT2D eigenvalue weighted by Gasteiger charge is -2.32. The van der Waals surface area contributed by atoms with Crippen molar-refractivity contribution >= 4 is 11.6 Å². The molecular formula is C14H20N2O. The van der Waals surface area contributed by atoms with E-state index in [4.69, 9.17) is 5.73 Å². The topological polar surface area (TPSA) is 46.3 Å². The van der Waals surface area contributed by atoms with Crippen LogP contribution in [0.25, 0.3) is 0 Å². The van der Waals surface area contributed by atoms with Crippen LogP contribution >= 0.6 is 0 Å². The maximum Gasteiger partial charge on any atom is 0.228 e. The summed E-state index contributed by atoms with van der Waals surface area (Å²) in [6, 6.07) is 9.90. The van der Waals surface area contributed by atoms with E-state index in [1.807, 2.05) is 35.2 Å². The number of rotatable bonds is 5. The Labute approximate surface area is 103 Å². The van der Waals surface area contributed by atoms with Gasteiger partial charge in [-0.05, 0) is 30.9 Å². The predicted octanol–water partition coefficient (Wildman–Crippen LogP) is 2.17. The van der Waals surface area contributed by atoms with E-state index < -0.39 is 0 Å². The Morgan fingerprint density at radius 1 is 1.29 bits per heavy atom. The molecule has 0 atom stereocenters. The summed E-state index contributed by atoms with van der Waals surface area (Å²) in [5, 5.41) is 0. The summed E-state index contributed by atoms with van der Waals surface area (Å²) in [6.07, 6.45) is 4.23. The molecule has 1 saturated carbocycles. The molecule has 3 nitrogen and oxygen atoms in total. The van der Waals surface area contributed by atoms with E-state index in [0.29, 0.717) is 18.9 Å². The van der Waals surface area contributed by atoms with Gasteiger partial charge in [-0.15, -0.1) is 0 Å². The van der Waals surface area contributed by atoms with Crippen molar-refractivity contribution in [3.8, 4) is 0 Å². The molecule has 1 aliphatic rings. The summed E-state index contributed by atoms with van der Waals surface area (Å²) in [7, 11) is 0. The molecule has 0 unspecified atom stereocenters. The Balaban J connectivity index is 2.08. The number of nitrogens with two attached hydrogens (primary N) is 1. The van der Waals surface area contributed by atoms with E-state index >= 15 is 0 Å². The zero-order valence-electron chi connectivity index (χ0n) is 10.1. The molecule has 2 rings (SSSR count). The van der Waals surface area contributed by atoms with Crippen molar-refractivity contribution in [1.29, 1.82) is 0 Å². The van der Waals surface area contributed by atoms with Crippen molar-refractivity contribution in [2.75, 3.05) is 18.0 Å². The van der Waals surface area contributed by atoms with Gasteiger partial charge in [0.25, 0.3) is 0 Å². The fourth-order valence-electron chi connectivity index (χ4n) is 2.15. The number of nitrogens with zero attached hydrogens (tertiary/aromatic N) is 1. The van der Waals surface area contributed by atoms with Crippen LogP contribution in [0.15, 0.2) is 30.3 Å². The first-order chi connectivity index (χ1) is 8.31. The number of amides is 1. The minimum Gasteiger partial charge on any atom is -0.330 e. The van der Waals surface area contributed by atoms with Gasteiger partial charge in [-0.25, -0.2) is 0 Å². The van der Waals surface area contributed by atoms with E-state index in [9.17, 15) is 4.79 Å². The molecule has 1 aromatic rings. The molecule has 92 valence electrons. The zero-order valence-corrected chi connectivity index (χ0v) is 10.1. The number of anilines is 1. The van der Waals surface area contributed by atoms with Crippen molar-refractivity contribution in [3.05, 3.63) is 30.3 Å². The van der Waals surface area contributed by atoms with E-state index in [2.05, 4.69) is 0 Å². The van der Waals surface area contributed by atoms with E-state index in [-0.39, 0.29) is 5.91 Å². The highest BCUT2D eigenvalue weighted by molar-refractivity contribution is 5.93. The van der Waals surface area contributed by atoms with Crippen LogP contribution in [0, 0.1) is 5.92 Å². The maximum absolute atomic E-state index is 12.1. The lowest BCUT2D eigenvalue weighted by atomic mass is 9.85. The number of para-hydroxylation sites is 1. The number of hydrogen-bond acceptors (Lipinski definition) is 2. The number of carbonyl (C=O) groups excluding carboxylic acids is 1. The van der Waals surface area contributed by atoms with Crippen LogP contribution in [-0.2, 0) is 4.79 Å². The molecule has 1 aliphatic carbocycles. The van der Waals surface area contributed by atoms with Gasteiger partial charge < -0.3 is 10.6 Å². The van der Waals surface area contributed by atoms with Crippen LogP contribution in [0.1, 0.15) is 25.7 Å². The summed E-state index contributed by atoms with van der Waals surface area (Å²) in [5.74, 6) is 0.822. The predicted molar refractivity (Wildman–Crippen MR) is 69.8 cm³/mol. The van der Waals surface area contributed by atoms with Gasteiger partial charge in [-0.3, -0.25) is 4.79 Å². The van der Waals surface area contributed by atoms with E-state index in [1.54, 1.807) is 0 Å². The Morgan fingerprint density at radius 3 is 2.53 bits per heavy atom. The third-order valence-corrected chi connectivity index (χ3v) is 3.39. The third kappa shape index (κ3) is 3.07. The summed E-state index contributed by atoms with van der Waals surface area (Å²) in [6.45, 7) is 1.27. The highest BCUT2D eigenvalue weighted by atomic mass is 16.2. The first kappa shape index (κ1) is 12.1. The fourth-order valence-corrected chi connectivity index (χ4v) is 2.15. The highest BCUT2D eigenvalue weighted by Gasteiger charge is 2.24. The zero-order chi connectivity index (χ0) is 12.1. The molecular weight excluding hydrogens is 212 g/mol. The minimum absolute atomic E-state index is 0.144. The van der Waals surface area contributed by atoms with Crippen molar-refractivity contribution in [2.45, 2.75) is 25.7 Å². The SMILES string of the molecule is NCCC(=O)N(CC1CCC1)c1ccccc1. The molecule has 17 heavy (non-hydrogen) atoms. The van der Waals surface area contributed by atoms with Crippen molar-refractivity contribution in [2.24, 2.45) is 11.7 Å². The van der Waals surface area contributed by atoms with Crippen LogP contribution in [0.3, 0.4) is 0 Å². The van der Waals surface area contributed by atoms with Gasteiger partial charge >= 0.3 is 0 Å². The normalized spacial score (nSPS) is 15.4. The van der Waals surface area contributed by atoms with Gasteiger partial charge in [0.2, 0.25) is 5.91 Å². The number of hydrogen-bond donors (Lipinski definition) is 1. The lowest BCUT2D eigenvalue weighted by Crippen LogP contribution is -2.38. The largest absolute Gasteiger partial charge is 0.330 e. The molecule has 0 radical (unpaired) electrons. The molecule has 0 spiro atoms. The minimum atomic E-state index is 0.144. The van der Waals surface area contributed by atoms with Crippen LogP contribution in [0.5, 0.6) is 0 Å². The van der Waals surface area contributed by atoms with Gasteiger partial charge in [0.15, 0.2) is 0 Å². The molecule has 0 aliphatic heterocycles. The van der Waals surface area contributed by atoms with E-state index in [0.717, 1.165) is 12.2 Å². The van der Waals surface area contributed by atoms with Crippen LogP contribution in [-0.4, -0.2) is 19.0 Å². The fraction of sp³-hybridized carbons (Fsp3) is 0.500. The van der Waals surface area contributed by atoms with Gasteiger partial charge in [-0.2, -0.15) is 0 Å². The van der Waals surface area contributed by atoms with Crippen LogP contribution in [0.4, 0.5) is 5.69 Å². The molecule has 0 bridgehead atoms. The quantitative estimate of drug-likeness (QED) is 0.845. The summed E-state index contributed by atoms with van der Waals surface area (Å²) < 4.78 is 0. The average Bonchev–Trinajstić information content (AvgIpc) is 2.29. The Hall–Kier alpha value is -1.35. The molecule has 1 aromatic carbocycles. The Morgan fingerprint density at radius 2 is 2.00 bits per heavy atom. The van der Waals surface area contributed by atoms with Crippen molar-refractivity contribution in [1.82, 2.24) is 0 Å². The average molecular weight is 232 g/mol. The van der Waals surface area contributed by atoms with Crippen molar-refractivity contribution in [3.63, 3.8) is 0 Å². The maximum atomic E-state index is 12.1. The Bertz CT molecular complexity index is 360. The Kier molecular flexibility index (Phi) is 4.15. The highest BCUT2D eigenvalue weighted by Crippen LogP contribution is 2.29. The molecule has 0 saturated heterocycles. The van der Waals surface area contributed by atoms with Crippen LogP contribution < -0.4 is 10.6 Å². The van der Waals surface area contributed by atoms with Gasteiger partial charge in [-0.1, -0.05) is 24.6 Å². The third-order valence-electron chi connectivity index (χ3n) is 3.39. The standard InChI is InChI=1S/C14H20N2O/c15-10-9-14(17)16(11-12-5-4-6-12)13-7-2-1-3-8-13/h1-3,7-8,12H,4-6,9-11,15H2. The molecule has 3 heteroatoms. The van der Waals surface area contributed by atoms with Crippen molar-refractivity contribution < 1.29 is 4.79 Å². The lowest BCUT2D eigenvalue weighted by molar-refractivity contribution is -0.118. The summed E-state index contributed by atoms with van der Waals surface area (Å²) >= 11 is 0. The van der Waals surface area contributed by atoms with E-state index in [1.165, 1.54) is 19.3 Å². The summed E-state index contributed by atoms with van der Waals surface area (Å²) in [5.41, 5.74) is 6.47. The first-order valence-electron chi connectivity index (χ1n) is 6.36. The second-order valence-corrected chi connectivity index (χ2v) is 4.68. The molecule has 1 amide bonds. The van der Waals surface area contributed by atoms with Gasteiger partial charge in [0.1, 0.15) is 0 Å². The monoisotopic (exact) mass is 232 g/mol. The smallest absolute Gasteiger partial charge is 0.228 e. The van der Waals surface area contributed by atoms with Crippen LogP contribution in [0.2, 0.25) is 0 Å². The molecule has 0 heterocycles. The molecule has 2 N–H and O–H groups in total.